The molecule has 0 bridgehead atoms. The van der Waals surface area contributed by atoms with Gasteiger partial charge in [0.15, 0.2) is 0 Å². The number of pyridine rings is 1. The summed E-state index contributed by atoms with van der Waals surface area (Å²) in [7, 11) is 0. The summed E-state index contributed by atoms with van der Waals surface area (Å²) >= 11 is 5.97. The molecule has 0 saturated heterocycles. The number of aromatic nitrogens is 1. The number of nitrogens with zero attached hydrogens (tertiary/aromatic N) is 1. The fourth-order valence-electron chi connectivity index (χ4n) is 1.33. The van der Waals surface area contributed by atoms with Crippen molar-refractivity contribution in [2.24, 2.45) is 0 Å². The zero-order chi connectivity index (χ0) is 11.5. The number of nitrogens with two attached hydrogens (primary N) is 1. The quantitative estimate of drug-likeness (QED) is 0.862. The zero-order valence-corrected chi connectivity index (χ0v) is 9.58. The van der Waals surface area contributed by atoms with Gasteiger partial charge in [-0.2, -0.15) is 0 Å². The largest absolute Gasteiger partial charge is 0.465 e. The van der Waals surface area contributed by atoms with Gasteiger partial charge in [-0.05, 0) is 25.1 Å². The molecule has 2 aromatic rings. The van der Waals surface area contributed by atoms with Crippen molar-refractivity contribution in [3.05, 3.63) is 40.9 Å². The van der Waals surface area contributed by atoms with Gasteiger partial charge in [-0.3, -0.25) is 0 Å². The average Bonchev–Trinajstić information content (AvgIpc) is 2.63. The molecule has 4 nitrogen and oxygen atoms in total. The molecule has 5 heteroatoms. The average molecular weight is 238 g/mol. The molecule has 0 aliphatic rings. The van der Waals surface area contributed by atoms with Crippen LogP contribution in [0.2, 0.25) is 5.02 Å². The molecule has 84 valence electrons. The predicted octanol–water partition coefficient (Wildman–Crippen LogP) is 2.83. The van der Waals surface area contributed by atoms with Crippen LogP contribution in [0, 0.1) is 6.92 Å². The van der Waals surface area contributed by atoms with Gasteiger partial charge in [0.25, 0.3) is 0 Å². The molecule has 0 radical (unpaired) electrons. The van der Waals surface area contributed by atoms with E-state index < -0.39 is 0 Å². The fraction of sp³-hybridized carbons (Fsp3) is 0.182. The summed E-state index contributed by atoms with van der Waals surface area (Å²) in [6, 6.07) is 5.48. The van der Waals surface area contributed by atoms with Crippen LogP contribution < -0.4 is 11.1 Å². The third-order valence-electron chi connectivity index (χ3n) is 2.09. The number of hydrogen-bond acceptors (Lipinski definition) is 4. The summed E-state index contributed by atoms with van der Waals surface area (Å²) in [5.74, 6) is 2.32. The Morgan fingerprint density at radius 3 is 2.94 bits per heavy atom. The third-order valence-corrected chi connectivity index (χ3v) is 2.38. The van der Waals surface area contributed by atoms with Crippen molar-refractivity contribution in [1.82, 2.24) is 4.98 Å². The zero-order valence-electron chi connectivity index (χ0n) is 8.83. The van der Waals surface area contributed by atoms with Crippen LogP contribution in [0.25, 0.3) is 0 Å². The molecule has 16 heavy (non-hydrogen) atoms. The Labute approximate surface area is 98.4 Å². The molecule has 3 N–H and O–H groups in total. The van der Waals surface area contributed by atoms with E-state index in [0.29, 0.717) is 23.1 Å². The third kappa shape index (κ3) is 2.46. The number of aryl methyl sites for hydroxylation is 1. The maximum Gasteiger partial charge on any atom is 0.145 e. The molecule has 0 saturated carbocycles. The van der Waals surface area contributed by atoms with Crippen molar-refractivity contribution in [3.63, 3.8) is 0 Å². The first-order valence-corrected chi connectivity index (χ1v) is 5.23. The van der Waals surface area contributed by atoms with Crippen molar-refractivity contribution in [1.29, 1.82) is 0 Å². The van der Waals surface area contributed by atoms with Gasteiger partial charge in [-0.15, -0.1) is 0 Å². The van der Waals surface area contributed by atoms with Gasteiger partial charge in [0, 0.05) is 0 Å². The van der Waals surface area contributed by atoms with E-state index >= 15 is 0 Å². The Hall–Kier alpha value is -1.68. The standard InChI is InChI=1S/C11H12ClN3O/c1-7-2-3-9(16-7)6-15-11-10(12)4-8(13)5-14-11/h2-5H,6,13H2,1H3,(H,14,15). The van der Waals surface area contributed by atoms with Crippen molar-refractivity contribution in [2.45, 2.75) is 13.5 Å². The molecule has 0 amide bonds. The number of furan rings is 1. The Balaban J connectivity index is 2.04. The number of anilines is 2. The molecule has 0 unspecified atom stereocenters. The molecular weight excluding hydrogens is 226 g/mol. The maximum atomic E-state index is 5.97. The van der Waals surface area contributed by atoms with E-state index in [1.165, 1.54) is 0 Å². The van der Waals surface area contributed by atoms with E-state index in [1.54, 1.807) is 12.3 Å². The van der Waals surface area contributed by atoms with Crippen LogP contribution in [-0.4, -0.2) is 4.98 Å². The summed E-state index contributed by atoms with van der Waals surface area (Å²) in [5, 5.41) is 3.58. The second-order valence-electron chi connectivity index (χ2n) is 3.46. The number of nitrogens with one attached hydrogen (secondary N) is 1. The minimum absolute atomic E-state index is 0.503. The summed E-state index contributed by atoms with van der Waals surface area (Å²) in [6.45, 7) is 2.45. The van der Waals surface area contributed by atoms with E-state index in [4.69, 9.17) is 21.8 Å². The lowest BCUT2D eigenvalue weighted by Crippen LogP contribution is -2.01. The van der Waals surface area contributed by atoms with Crippen LogP contribution in [0.5, 0.6) is 0 Å². The SMILES string of the molecule is Cc1ccc(CNc2ncc(N)cc2Cl)o1. The number of hydrogen-bond donors (Lipinski definition) is 2. The van der Waals surface area contributed by atoms with E-state index in [1.807, 2.05) is 19.1 Å². The molecule has 2 aromatic heterocycles. The van der Waals surface area contributed by atoms with Gasteiger partial charge >= 0.3 is 0 Å². The molecular formula is C11H12ClN3O. The first kappa shape index (κ1) is 10.8. The van der Waals surface area contributed by atoms with Crippen molar-refractivity contribution in [3.8, 4) is 0 Å². The van der Waals surface area contributed by atoms with E-state index in [-0.39, 0.29) is 0 Å². The fourth-order valence-corrected chi connectivity index (χ4v) is 1.58. The summed E-state index contributed by atoms with van der Waals surface area (Å²) in [5.41, 5.74) is 6.09. The van der Waals surface area contributed by atoms with Gasteiger partial charge in [0.1, 0.15) is 17.3 Å². The Morgan fingerprint density at radius 2 is 2.31 bits per heavy atom. The summed E-state index contributed by atoms with van der Waals surface area (Å²) < 4.78 is 5.41. The molecule has 2 heterocycles. The first-order valence-electron chi connectivity index (χ1n) is 4.85. The van der Waals surface area contributed by atoms with E-state index in [2.05, 4.69) is 10.3 Å². The van der Waals surface area contributed by atoms with Gasteiger partial charge < -0.3 is 15.5 Å². The molecule has 0 aliphatic carbocycles. The lowest BCUT2D eigenvalue weighted by atomic mass is 10.4. The number of nitrogen functional groups attached to an aromatic ring is 1. The normalized spacial score (nSPS) is 10.4. The minimum atomic E-state index is 0.503. The van der Waals surface area contributed by atoms with Crippen molar-refractivity contribution >= 4 is 23.1 Å². The monoisotopic (exact) mass is 237 g/mol. The molecule has 0 spiro atoms. The number of rotatable bonds is 3. The van der Waals surface area contributed by atoms with Crippen LogP contribution >= 0.6 is 11.6 Å². The second-order valence-corrected chi connectivity index (χ2v) is 3.87. The van der Waals surface area contributed by atoms with Crippen LogP contribution in [0.15, 0.2) is 28.8 Å². The highest BCUT2D eigenvalue weighted by atomic mass is 35.5. The summed E-state index contributed by atoms with van der Waals surface area (Å²) in [4.78, 5) is 4.09. The topological polar surface area (TPSA) is 64.1 Å². The van der Waals surface area contributed by atoms with Gasteiger partial charge in [-0.1, -0.05) is 11.6 Å². The van der Waals surface area contributed by atoms with Crippen LogP contribution in [0.4, 0.5) is 11.5 Å². The second kappa shape index (κ2) is 4.45. The maximum absolute atomic E-state index is 5.97. The smallest absolute Gasteiger partial charge is 0.145 e. The Bertz CT molecular complexity index is 496. The van der Waals surface area contributed by atoms with Crippen LogP contribution in [0.1, 0.15) is 11.5 Å². The lowest BCUT2D eigenvalue weighted by molar-refractivity contribution is 0.490. The van der Waals surface area contributed by atoms with Crippen LogP contribution in [-0.2, 0) is 6.54 Å². The molecule has 0 aromatic carbocycles. The number of halogens is 1. The van der Waals surface area contributed by atoms with Gasteiger partial charge in [0.05, 0.1) is 23.5 Å². The summed E-state index contributed by atoms with van der Waals surface area (Å²) in [6.07, 6.45) is 1.56. The van der Waals surface area contributed by atoms with Crippen molar-refractivity contribution in [2.75, 3.05) is 11.1 Å². The molecule has 2 rings (SSSR count). The lowest BCUT2D eigenvalue weighted by Gasteiger charge is -2.05. The highest BCUT2D eigenvalue weighted by Crippen LogP contribution is 2.21. The molecule has 0 fully saturated rings. The van der Waals surface area contributed by atoms with E-state index in [0.717, 1.165) is 11.5 Å². The molecule has 0 aliphatic heterocycles. The van der Waals surface area contributed by atoms with Crippen molar-refractivity contribution < 1.29 is 4.42 Å². The van der Waals surface area contributed by atoms with Gasteiger partial charge in [-0.25, -0.2) is 4.98 Å². The highest BCUT2D eigenvalue weighted by molar-refractivity contribution is 6.33. The van der Waals surface area contributed by atoms with E-state index in [9.17, 15) is 0 Å². The molecule has 0 atom stereocenters. The highest BCUT2D eigenvalue weighted by Gasteiger charge is 2.03. The predicted molar refractivity (Wildman–Crippen MR) is 64.4 cm³/mol. The Kier molecular flexibility index (Phi) is 3.01. The minimum Gasteiger partial charge on any atom is -0.465 e. The Morgan fingerprint density at radius 1 is 1.50 bits per heavy atom. The first-order chi connectivity index (χ1) is 7.65. The van der Waals surface area contributed by atoms with Crippen LogP contribution in [0.3, 0.4) is 0 Å². The van der Waals surface area contributed by atoms with Gasteiger partial charge in [0.2, 0.25) is 0 Å².